The van der Waals surface area contributed by atoms with Gasteiger partial charge in [0, 0.05) is 18.0 Å². The molecule has 0 radical (unpaired) electrons. The van der Waals surface area contributed by atoms with E-state index in [1.165, 1.54) is 16.0 Å². The van der Waals surface area contributed by atoms with Crippen LogP contribution in [0.2, 0.25) is 0 Å². The SMILES string of the molecule is Cc1scc(CN2CCC(Br)C2=O)c1C. The largest absolute Gasteiger partial charge is 0.337 e. The highest BCUT2D eigenvalue weighted by molar-refractivity contribution is 9.10. The van der Waals surface area contributed by atoms with Gasteiger partial charge in [0.15, 0.2) is 0 Å². The first-order valence-electron chi connectivity index (χ1n) is 5.06. The maximum absolute atomic E-state index is 11.7. The molecule has 1 aromatic rings. The highest BCUT2D eigenvalue weighted by Gasteiger charge is 2.29. The summed E-state index contributed by atoms with van der Waals surface area (Å²) in [4.78, 5) is 15.0. The molecule has 0 saturated carbocycles. The smallest absolute Gasteiger partial charge is 0.236 e. The molecule has 1 fully saturated rings. The number of alkyl halides is 1. The van der Waals surface area contributed by atoms with Gasteiger partial charge in [0.25, 0.3) is 0 Å². The molecule has 1 amide bonds. The summed E-state index contributed by atoms with van der Waals surface area (Å²) in [5, 5.41) is 2.17. The summed E-state index contributed by atoms with van der Waals surface area (Å²) in [5.74, 6) is 0.234. The molecule has 2 rings (SSSR count). The van der Waals surface area contributed by atoms with Crippen LogP contribution in [0.5, 0.6) is 0 Å². The van der Waals surface area contributed by atoms with Crippen molar-refractivity contribution in [1.29, 1.82) is 0 Å². The van der Waals surface area contributed by atoms with E-state index in [0.717, 1.165) is 19.5 Å². The molecule has 1 unspecified atom stereocenters. The van der Waals surface area contributed by atoms with Gasteiger partial charge in [-0.15, -0.1) is 11.3 Å². The maximum atomic E-state index is 11.7. The van der Waals surface area contributed by atoms with Crippen LogP contribution in [0, 0.1) is 13.8 Å². The molecule has 15 heavy (non-hydrogen) atoms. The molecule has 4 heteroatoms. The monoisotopic (exact) mass is 287 g/mol. The van der Waals surface area contributed by atoms with Crippen LogP contribution < -0.4 is 0 Å². The summed E-state index contributed by atoms with van der Waals surface area (Å²) >= 11 is 5.16. The standard InChI is InChI=1S/C11H14BrNOS/c1-7-8(2)15-6-9(7)5-13-4-3-10(12)11(13)14/h6,10H,3-5H2,1-2H3. The van der Waals surface area contributed by atoms with E-state index in [9.17, 15) is 4.79 Å². The normalized spacial score (nSPS) is 21.4. The minimum Gasteiger partial charge on any atom is -0.337 e. The van der Waals surface area contributed by atoms with E-state index in [-0.39, 0.29) is 10.7 Å². The summed E-state index contributed by atoms with van der Waals surface area (Å²) in [6.07, 6.45) is 0.932. The van der Waals surface area contributed by atoms with Gasteiger partial charge in [-0.3, -0.25) is 4.79 Å². The number of carbonyl (C=O) groups is 1. The first kappa shape index (κ1) is 11.1. The lowest BCUT2D eigenvalue weighted by atomic mass is 10.2. The fourth-order valence-corrected chi connectivity index (χ4v) is 3.15. The predicted molar refractivity (Wildman–Crippen MR) is 66.5 cm³/mol. The van der Waals surface area contributed by atoms with Crippen LogP contribution in [-0.2, 0) is 11.3 Å². The molecule has 0 aromatic carbocycles. The van der Waals surface area contributed by atoms with Crippen molar-refractivity contribution in [3.8, 4) is 0 Å². The molecule has 1 atom stereocenters. The summed E-state index contributed by atoms with van der Waals surface area (Å²) in [6.45, 7) is 5.91. The fraction of sp³-hybridized carbons (Fsp3) is 0.545. The third-order valence-corrected chi connectivity index (χ3v) is 4.89. The first-order valence-corrected chi connectivity index (χ1v) is 6.85. The van der Waals surface area contributed by atoms with E-state index in [2.05, 4.69) is 35.2 Å². The zero-order chi connectivity index (χ0) is 11.0. The van der Waals surface area contributed by atoms with Gasteiger partial charge in [-0.25, -0.2) is 0 Å². The summed E-state index contributed by atoms with van der Waals surface area (Å²) < 4.78 is 0. The van der Waals surface area contributed by atoms with E-state index in [1.54, 1.807) is 11.3 Å². The molecule has 1 aromatic heterocycles. The lowest BCUT2D eigenvalue weighted by molar-refractivity contribution is -0.127. The second kappa shape index (κ2) is 4.26. The molecule has 0 aliphatic carbocycles. The summed E-state index contributed by atoms with van der Waals surface area (Å²) in [5.41, 5.74) is 2.64. The van der Waals surface area contributed by atoms with Gasteiger partial charge in [-0.05, 0) is 36.8 Å². The second-order valence-electron chi connectivity index (χ2n) is 3.96. The van der Waals surface area contributed by atoms with Crippen molar-refractivity contribution in [3.63, 3.8) is 0 Å². The molecule has 0 spiro atoms. The van der Waals surface area contributed by atoms with Crippen LogP contribution >= 0.6 is 27.3 Å². The van der Waals surface area contributed by atoms with Crippen molar-refractivity contribution in [3.05, 3.63) is 21.4 Å². The van der Waals surface area contributed by atoms with Crippen LogP contribution in [0.4, 0.5) is 0 Å². The predicted octanol–water partition coefficient (Wildman–Crippen LogP) is 2.86. The van der Waals surface area contributed by atoms with Crippen molar-refractivity contribution >= 4 is 33.2 Å². The Morgan fingerprint density at radius 3 is 2.80 bits per heavy atom. The summed E-state index contributed by atoms with van der Waals surface area (Å²) in [6, 6.07) is 0. The maximum Gasteiger partial charge on any atom is 0.236 e. The van der Waals surface area contributed by atoms with E-state index < -0.39 is 0 Å². The molecule has 1 aliphatic heterocycles. The van der Waals surface area contributed by atoms with Crippen LogP contribution in [0.3, 0.4) is 0 Å². The number of halogens is 1. The minimum atomic E-state index is 0.0394. The molecular formula is C11H14BrNOS. The summed E-state index contributed by atoms with van der Waals surface area (Å²) in [7, 11) is 0. The number of amides is 1. The van der Waals surface area contributed by atoms with Gasteiger partial charge in [-0.1, -0.05) is 15.9 Å². The minimum absolute atomic E-state index is 0.0394. The molecule has 2 nitrogen and oxygen atoms in total. The quantitative estimate of drug-likeness (QED) is 0.766. The third-order valence-electron chi connectivity index (χ3n) is 2.98. The Kier molecular flexibility index (Phi) is 3.16. The average molecular weight is 288 g/mol. The Balaban J connectivity index is 2.10. The molecule has 2 heterocycles. The van der Waals surface area contributed by atoms with E-state index in [1.807, 2.05) is 4.90 Å². The zero-order valence-electron chi connectivity index (χ0n) is 8.92. The topological polar surface area (TPSA) is 20.3 Å². The van der Waals surface area contributed by atoms with Gasteiger partial charge < -0.3 is 4.90 Å². The van der Waals surface area contributed by atoms with Crippen LogP contribution in [0.1, 0.15) is 22.4 Å². The number of thiophene rings is 1. The van der Waals surface area contributed by atoms with E-state index in [0.29, 0.717) is 0 Å². The van der Waals surface area contributed by atoms with Gasteiger partial charge in [0.05, 0.1) is 4.83 Å². The number of carbonyl (C=O) groups excluding carboxylic acids is 1. The van der Waals surface area contributed by atoms with Crippen LogP contribution in [0.15, 0.2) is 5.38 Å². The van der Waals surface area contributed by atoms with Gasteiger partial charge in [0.1, 0.15) is 0 Å². The number of nitrogens with zero attached hydrogens (tertiary/aromatic N) is 1. The van der Waals surface area contributed by atoms with Crippen molar-refractivity contribution in [1.82, 2.24) is 4.90 Å². The number of likely N-dealkylation sites (tertiary alicyclic amines) is 1. The van der Waals surface area contributed by atoms with Crippen LogP contribution in [-0.4, -0.2) is 22.2 Å². The van der Waals surface area contributed by atoms with Gasteiger partial charge in [0.2, 0.25) is 5.91 Å². The third kappa shape index (κ3) is 2.11. The average Bonchev–Trinajstić information content (AvgIpc) is 2.68. The molecule has 0 bridgehead atoms. The van der Waals surface area contributed by atoms with Crippen molar-refractivity contribution < 1.29 is 4.79 Å². The molecule has 0 N–H and O–H groups in total. The molecule has 82 valence electrons. The first-order chi connectivity index (χ1) is 7.09. The van der Waals surface area contributed by atoms with E-state index >= 15 is 0 Å². The van der Waals surface area contributed by atoms with Crippen molar-refractivity contribution in [2.75, 3.05) is 6.54 Å². The number of aryl methyl sites for hydroxylation is 1. The van der Waals surface area contributed by atoms with Crippen LogP contribution in [0.25, 0.3) is 0 Å². The Morgan fingerprint density at radius 1 is 1.60 bits per heavy atom. The Labute approximate surface area is 102 Å². The fourth-order valence-electron chi connectivity index (χ4n) is 1.78. The number of rotatable bonds is 2. The Hall–Kier alpha value is -0.350. The Morgan fingerprint density at radius 2 is 2.33 bits per heavy atom. The van der Waals surface area contributed by atoms with Gasteiger partial charge >= 0.3 is 0 Å². The van der Waals surface area contributed by atoms with E-state index in [4.69, 9.17) is 0 Å². The lowest BCUT2D eigenvalue weighted by Gasteiger charge is -2.15. The lowest BCUT2D eigenvalue weighted by Crippen LogP contribution is -2.27. The van der Waals surface area contributed by atoms with Crippen molar-refractivity contribution in [2.24, 2.45) is 0 Å². The second-order valence-corrected chi connectivity index (χ2v) is 6.15. The zero-order valence-corrected chi connectivity index (χ0v) is 11.3. The highest BCUT2D eigenvalue weighted by atomic mass is 79.9. The Bertz CT molecular complexity index is 388. The molecular weight excluding hydrogens is 274 g/mol. The molecule has 1 saturated heterocycles. The molecule has 1 aliphatic rings. The number of hydrogen-bond donors (Lipinski definition) is 0. The number of hydrogen-bond acceptors (Lipinski definition) is 2. The highest BCUT2D eigenvalue weighted by Crippen LogP contribution is 2.25. The van der Waals surface area contributed by atoms with Crippen molar-refractivity contribution in [2.45, 2.75) is 31.6 Å². The van der Waals surface area contributed by atoms with Gasteiger partial charge in [-0.2, -0.15) is 0 Å².